The Morgan fingerprint density at radius 3 is 2.52 bits per heavy atom. The molecule has 1 N–H and O–H groups in total. The zero-order chi connectivity index (χ0) is 19.0. The van der Waals surface area contributed by atoms with Crippen molar-refractivity contribution in [2.24, 2.45) is 4.99 Å². The monoisotopic (exact) mass is 396 g/mol. The van der Waals surface area contributed by atoms with Crippen LogP contribution in [0, 0.1) is 6.92 Å². The van der Waals surface area contributed by atoms with Crippen molar-refractivity contribution in [3.63, 3.8) is 0 Å². The third-order valence-electron chi connectivity index (χ3n) is 4.18. The van der Waals surface area contributed by atoms with Gasteiger partial charge in [0.15, 0.2) is 0 Å². The second kappa shape index (κ2) is 7.06. The Balaban J connectivity index is 1.59. The van der Waals surface area contributed by atoms with Crippen LogP contribution in [-0.2, 0) is 4.79 Å². The van der Waals surface area contributed by atoms with Gasteiger partial charge < -0.3 is 10.1 Å². The lowest BCUT2D eigenvalue weighted by Gasteiger charge is -2.08. The maximum atomic E-state index is 12.3. The number of carbonyl (C=O) groups is 1. The summed E-state index contributed by atoms with van der Waals surface area (Å²) in [7, 11) is 0. The number of rotatable bonds is 3. The van der Waals surface area contributed by atoms with Crippen LogP contribution in [0.15, 0.2) is 65.7 Å². The molecule has 1 aliphatic heterocycles. The average Bonchev–Trinajstić information content (AvgIpc) is 2.96. The molecule has 27 heavy (non-hydrogen) atoms. The number of nitrogens with zero attached hydrogens (tertiary/aromatic N) is 1. The zero-order valence-electron chi connectivity index (χ0n) is 14.3. The molecule has 1 aliphatic rings. The van der Waals surface area contributed by atoms with Crippen LogP contribution in [0.1, 0.15) is 11.1 Å². The molecule has 1 amide bonds. The number of hydrogen-bond acceptors (Lipinski definition) is 3. The smallest absolute Gasteiger partial charge is 0.275 e. The normalized spacial score (nSPS) is 14.2. The Bertz CT molecular complexity index is 1080. The first kappa shape index (κ1) is 17.6. The molecule has 0 spiro atoms. The Hall–Kier alpha value is -2.82. The minimum atomic E-state index is -0.201. The van der Waals surface area contributed by atoms with E-state index in [2.05, 4.69) is 10.3 Å². The lowest BCUT2D eigenvalue weighted by atomic mass is 10.1. The van der Waals surface area contributed by atoms with Crippen molar-refractivity contribution in [3.05, 3.63) is 81.8 Å². The second-order valence-corrected chi connectivity index (χ2v) is 6.93. The number of aliphatic imine (C=N–C) groups is 1. The third-order valence-corrected chi connectivity index (χ3v) is 4.71. The van der Waals surface area contributed by atoms with Crippen LogP contribution in [0.4, 0.5) is 11.4 Å². The van der Waals surface area contributed by atoms with E-state index in [1.54, 1.807) is 42.5 Å². The van der Waals surface area contributed by atoms with E-state index in [9.17, 15) is 4.79 Å². The van der Waals surface area contributed by atoms with Crippen LogP contribution in [0.5, 0.6) is 11.5 Å². The Morgan fingerprint density at radius 1 is 1.00 bits per heavy atom. The topological polar surface area (TPSA) is 50.7 Å². The van der Waals surface area contributed by atoms with Crippen molar-refractivity contribution in [2.45, 2.75) is 6.92 Å². The quantitative estimate of drug-likeness (QED) is 0.575. The molecule has 0 atom stereocenters. The number of anilines is 1. The molecule has 0 radical (unpaired) electrons. The van der Waals surface area contributed by atoms with Crippen LogP contribution in [0.25, 0.3) is 0 Å². The molecular weight excluding hydrogens is 383 g/mol. The highest BCUT2D eigenvalue weighted by atomic mass is 35.5. The maximum absolute atomic E-state index is 12.3. The number of hydrogen-bond donors (Lipinski definition) is 1. The number of aryl methyl sites for hydroxylation is 1. The number of fused-ring (bicyclic) bond motifs is 1. The number of carbonyl (C=O) groups excluding carboxylic acids is 1. The summed E-state index contributed by atoms with van der Waals surface area (Å²) in [6.07, 6.45) is 0. The van der Waals surface area contributed by atoms with Gasteiger partial charge in [-0.25, -0.2) is 4.99 Å². The maximum Gasteiger partial charge on any atom is 0.275 e. The van der Waals surface area contributed by atoms with Gasteiger partial charge in [0, 0.05) is 10.6 Å². The zero-order valence-corrected chi connectivity index (χ0v) is 15.8. The van der Waals surface area contributed by atoms with Gasteiger partial charge in [0.1, 0.15) is 17.2 Å². The summed E-state index contributed by atoms with van der Waals surface area (Å²) < 4.78 is 5.76. The summed E-state index contributed by atoms with van der Waals surface area (Å²) in [5.74, 6) is 0.919. The SMILES string of the molecule is Cc1cccc2c1NC(=O)C2=Nc1ccc(Oc2ccc(Cl)cc2Cl)cc1. The average molecular weight is 397 g/mol. The van der Waals surface area contributed by atoms with Gasteiger partial charge in [0.05, 0.1) is 16.4 Å². The minimum absolute atomic E-state index is 0.201. The first-order chi connectivity index (χ1) is 13.0. The van der Waals surface area contributed by atoms with Crippen molar-refractivity contribution in [3.8, 4) is 11.5 Å². The predicted molar refractivity (Wildman–Crippen MR) is 109 cm³/mol. The number of nitrogens with one attached hydrogen (secondary N) is 1. The molecule has 6 heteroatoms. The predicted octanol–water partition coefficient (Wildman–Crippen LogP) is 6.17. The summed E-state index contributed by atoms with van der Waals surface area (Å²) in [6.45, 7) is 1.95. The van der Waals surface area contributed by atoms with E-state index in [1.165, 1.54) is 0 Å². The standard InChI is InChI=1S/C21H14Cl2N2O2/c1-12-3-2-4-16-19(12)25-21(26)20(16)24-14-6-8-15(9-7-14)27-18-10-5-13(22)11-17(18)23/h2-11H,1H3,(H,24,25,26). The largest absolute Gasteiger partial charge is 0.456 e. The molecule has 4 nitrogen and oxygen atoms in total. The Kier molecular flexibility index (Phi) is 4.60. The molecule has 0 bridgehead atoms. The lowest BCUT2D eigenvalue weighted by Crippen LogP contribution is -2.13. The van der Waals surface area contributed by atoms with E-state index in [0.717, 1.165) is 16.8 Å². The molecule has 0 aliphatic carbocycles. The van der Waals surface area contributed by atoms with Crippen molar-refractivity contribution < 1.29 is 9.53 Å². The molecule has 3 aromatic carbocycles. The first-order valence-corrected chi connectivity index (χ1v) is 9.00. The summed E-state index contributed by atoms with van der Waals surface area (Å²) >= 11 is 12.0. The van der Waals surface area contributed by atoms with E-state index in [0.29, 0.717) is 32.9 Å². The molecule has 4 rings (SSSR count). The Morgan fingerprint density at radius 2 is 1.78 bits per heavy atom. The van der Waals surface area contributed by atoms with Crippen LogP contribution >= 0.6 is 23.2 Å². The van der Waals surface area contributed by atoms with Gasteiger partial charge in [0.25, 0.3) is 5.91 Å². The third kappa shape index (κ3) is 3.54. The molecular formula is C21H14Cl2N2O2. The van der Waals surface area contributed by atoms with Crippen LogP contribution in [0.2, 0.25) is 10.0 Å². The van der Waals surface area contributed by atoms with Gasteiger partial charge in [-0.15, -0.1) is 0 Å². The first-order valence-electron chi connectivity index (χ1n) is 8.24. The van der Waals surface area contributed by atoms with Gasteiger partial charge in [-0.1, -0.05) is 41.4 Å². The molecule has 0 aromatic heterocycles. The fraction of sp³-hybridized carbons (Fsp3) is 0.0476. The number of amides is 1. The lowest BCUT2D eigenvalue weighted by molar-refractivity contribution is -0.110. The van der Waals surface area contributed by atoms with E-state index in [-0.39, 0.29) is 5.91 Å². The van der Waals surface area contributed by atoms with Crippen LogP contribution in [0.3, 0.4) is 0 Å². The highest BCUT2D eigenvalue weighted by molar-refractivity contribution is 6.54. The van der Waals surface area contributed by atoms with Crippen molar-refractivity contribution in [1.82, 2.24) is 0 Å². The molecule has 3 aromatic rings. The highest BCUT2D eigenvalue weighted by Crippen LogP contribution is 2.33. The fourth-order valence-corrected chi connectivity index (χ4v) is 3.29. The highest BCUT2D eigenvalue weighted by Gasteiger charge is 2.26. The van der Waals surface area contributed by atoms with Gasteiger partial charge in [0.2, 0.25) is 0 Å². The molecule has 134 valence electrons. The van der Waals surface area contributed by atoms with Gasteiger partial charge in [-0.2, -0.15) is 0 Å². The number of para-hydroxylation sites is 1. The van der Waals surface area contributed by atoms with E-state index in [4.69, 9.17) is 27.9 Å². The molecule has 1 heterocycles. The summed E-state index contributed by atoms with van der Waals surface area (Å²) in [5.41, 5.74) is 3.70. The molecule has 0 fully saturated rings. The van der Waals surface area contributed by atoms with Crippen LogP contribution < -0.4 is 10.1 Å². The summed E-state index contributed by atoms with van der Waals surface area (Å²) in [4.78, 5) is 16.8. The van der Waals surface area contributed by atoms with Gasteiger partial charge in [-0.3, -0.25) is 4.79 Å². The van der Waals surface area contributed by atoms with Crippen molar-refractivity contribution in [1.29, 1.82) is 0 Å². The minimum Gasteiger partial charge on any atom is -0.456 e. The Labute approximate surface area is 166 Å². The molecule has 0 saturated heterocycles. The number of benzene rings is 3. The van der Waals surface area contributed by atoms with Crippen molar-refractivity contribution in [2.75, 3.05) is 5.32 Å². The number of halogens is 2. The summed E-state index contributed by atoms with van der Waals surface area (Å²) in [5, 5.41) is 3.85. The number of ether oxygens (including phenoxy) is 1. The van der Waals surface area contributed by atoms with Gasteiger partial charge in [-0.05, 0) is 55.0 Å². The van der Waals surface area contributed by atoms with E-state index < -0.39 is 0 Å². The molecule has 0 unspecified atom stereocenters. The van der Waals surface area contributed by atoms with Gasteiger partial charge >= 0.3 is 0 Å². The fourth-order valence-electron chi connectivity index (χ4n) is 2.84. The van der Waals surface area contributed by atoms with E-state index in [1.807, 2.05) is 25.1 Å². The van der Waals surface area contributed by atoms with Crippen LogP contribution in [-0.4, -0.2) is 11.6 Å². The van der Waals surface area contributed by atoms with Crippen molar-refractivity contribution >= 4 is 46.2 Å². The second-order valence-electron chi connectivity index (χ2n) is 6.08. The van der Waals surface area contributed by atoms with E-state index >= 15 is 0 Å². The molecule has 0 saturated carbocycles. The summed E-state index contributed by atoms with van der Waals surface area (Å²) in [6, 6.07) is 17.9.